The monoisotopic (exact) mass is 400 g/mol. The number of benzene rings is 1. The van der Waals surface area contributed by atoms with Gasteiger partial charge in [0, 0.05) is 23.7 Å². The van der Waals surface area contributed by atoms with Crippen LogP contribution in [0.15, 0.2) is 12.1 Å². The fourth-order valence-corrected chi connectivity index (χ4v) is 4.15. The van der Waals surface area contributed by atoms with Gasteiger partial charge in [-0.05, 0) is 51.7 Å². The quantitative estimate of drug-likeness (QED) is 0.790. The molecule has 142 valence electrons. The summed E-state index contributed by atoms with van der Waals surface area (Å²) >= 11 is 11.8. The highest BCUT2D eigenvalue weighted by atomic mass is 35.5. The first-order valence-electron chi connectivity index (χ1n) is 8.53. The molecule has 2 amide bonds. The summed E-state index contributed by atoms with van der Waals surface area (Å²) in [5.74, 6) is -0.548. The average molecular weight is 401 g/mol. The van der Waals surface area contributed by atoms with E-state index in [4.69, 9.17) is 27.9 Å². The van der Waals surface area contributed by atoms with Crippen LogP contribution in [0.2, 0.25) is 10.0 Å². The van der Waals surface area contributed by atoms with Crippen LogP contribution in [0.25, 0.3) is 0 Å². The zero-order chi connectivity index (χ0) is 19.2. The molecule has 2 bridgehead atoms. The molecule has 1 heterocycles. The Labute approximate surface area is 162 Å². The number of piperidine rings is 1. The lowest BCUT2D eigenvalue weighted by molar-refractivity contribution is 0.0176. The van der Waals surface area contributed by atoms with Gasteiger partial charge in [-0.1, -0.05) is 23.2 Å². The SMILES string of the molecule is CC(C)(C)OC(=O)N1C[C@H]2C[C@@H]1C[C@H]2NC(=O)c1cc(Cl)cc(Cl)c1O. The van der Waals surface area contributed by atoms with Crippen LogP contribution in [-0.2, 0) is 4.74 Å². The van der Waals surface area contributed by atoms with Gasteiger partial charge in [0.25, 0.3) is 5.91 Å². The van der Waals surface area contributed by atoms with Crippen molar-refractivity contribution in [1.82, 2.24) is 10.2 Å². The topological polar surface area (TPSA) is 78.9 Å². The van der Waals surface area contributed by atoms with Gasteiger partial charge >= 0.3 is 6.09 Å². The summed E-state index contributed by atoms with van der Waals surface area (Å²) in [5.41, 5.74) is -0.482. The lowest BCUT2D eigenvalue weighted by Gasteiger charge is -2.33. The third-order valence-corrected chi connectivity index (χ3v) is 5.27. The summed E-state index contributed by atoms with van der Waals surface area (Å²) in [6.07, 6.45) is 1.17. The number of ether oxygens (including phenoxy) is 1. The van der Waals surface area contributed by atoms with Gasteiger partial charge in [-0.25, -0.2) is 4.79 Å². The number of carbonyl (C=O) groups is 2. The number of hydrogen-bond acceptors (Lipinski definition) is 4. The molecule has 1 aliphatic heterocycles. The van der Waals surface area contributed by atoms with Gasteiger partial charge in [-0.3, -0.25) is 4.79 Å². The van der Waals surface area contributed by atoms with Crippen LogP contribution in [-0.4, -0.2) is 46.2 Å². The first kappa shape index (κ1) is 19.1. The summed E-state index contributed by atoms with van der Waals surface area (Å²) in [6.45, 7) is 6.06. The molecule has 1 aromatic carbocycles. The lowest BCUT2D eigenvalue weighted by Crippen LogP contribution is -2.48. The number of aromatic hydroxyl groups is 1. The number of phenolic OH excluding ortho intramolecular Hbond substituents is 1. The first-order valence-corrected chi connectivity index (χ1v) is 9.29. The van der Waals surface area contributed by atoms with E-state index in [0.29, 0.717) is 13.0 Å². The van der Waals surface area contributed by atoms with E-state index in [1.807, 2.05) is 20.8 Å². The number of nitrogens with one attached hydrogen (secondary N) is 1. The molecule has 26 heavy (non-hydrogen) atoms. The molecular weight excluding hydrogens is 379 g/mol. The molecule has 1 aliphatic carbocycles. The summed E-state index contributed by atoms with van der Waals surface area (Å²) in [6, 6.07) is 2.75. The zero-order valence-electron chi connectivity index (χ0n) is 14.9. The third-order valence-electron chi connectivity index (χ3n) is 4.76. The van der Waals surface area contributed by atoms with Crippen LogP contribution in [0.5, 0.6) is 5.75 Å². The molecule has 1 saturated heterocycles. The largest absolute Gasteiger partial charge is 0.506 e. The molecule has 3 rings (SSSR count). The molecule has 3 atom stereocenters. The van der Waals surface area contributed by atoms with Crippen molar-refractivity contribution in [2.45, 2.75) is 51.3 Å². The Hall–Kier alpha value is -1.66. The molecule has 8 heteroatoms. The van der Waals surface area contributed by atoms with Gasteiger partial charge in [0.1, 0.15) is 11.4 Å². The van der Waals surface area contributed by atoms with Crippen molar-refractivity contribution in [2.24, 2.45) is 5.92 Å². The van der Waals surface area contributed by atoms with Gasteiger partial charge in [0.05, 0.1) is 10.6 Å². The van der Waals surface area contributed by atoms with Gasteiger partial charge in [-0.15, -0.1) is 0 Å². The van der Waals surface area contributed by atoms with Gasteiger partial charge in [0.2, 0.25) is 0 Å². The highest BCUT2D eigenvalue weighted by Gasteiger charge is 2.48. The molecular formula is C18H22Cl2N2O4. The molecule has 2 N–H and O–H groups in total. The molecule has 0 unspecified atom stereocenters. The molecule has 2 aliphatic rings. The van der Waals surface area contributed by atoms with Gasteiger partial charge in [-0.2, -0.15) is 0 Å². The van der Waals surface area contributed by atoms with E-state index in [1.54, 1.807) is 4.90 Å². The van der Waals surface area contributed by atoms with Crippen molar-refractivity contribution >= 4 is 35.2 Å². The van der Waals surface area contributed by atoms with E-state index in [0.717, 1.165) is 6.42 Å². The summed E-state index contributed by atoms with van der Waals surface area (Å²) in [5, 5.41) is 13.2. The molecule has 1 saturated carbocycles. The Kier molecular flexibility index (Phi) is 5.01. The van der Waals surface area contributed by atoms with Crippen LogP contribution in [0.4, 0.5) is 4.79 Å². The fraction of sp³-hybridized carbons (Fsp3) is 0.556. The summed E-state index contributed by atoms with van der Waals surface area (Å²) in [7, 11) is 0. The zero-order valence-corrected chi connectivity index (χ0v) is 16.4. The van der Waals surface area contributed by atoms with Crippen LogP contribution < -0.4 is 5.32 Å². The van der Waals surface area contributed by atoms with Crippen molar-refractivity contribution in [3.63, 3.8) is 0 Å². The maximum absolute atomic E-state index is 12.5. The number of halogens is 2. The Morgan fingerprint density at radius 2 is 1.96 bits per heavy atom. The van der Waals surface area contributed by atoms with Crippen molar-refractivity contribution in [1.29, 1.82) is 0 Å². The van der Waals surface area contributed by atoms with Crippen molar-refractivity contribution < 1.29 is 19.4 Å². The second kappa shape index (κ2) is 6.82. The van der Waals surface area contributed by atoms with E-state index in [2.05, 4.69) is 5.32 Å². The molecule has 1 aromatic rings. The second-order valence-corrected chi connectivity index (χ2v) is 8.73. The summed E-state index contributed by atoms with van der Waals surface area (Å²) in [4.78, 5) is 26.5. The van der Waals surface area contributed by atoms with E-state index in [1.165, 1.54) is 12.1 Å². The third kappa shape index (κ3) is 3.86. The van der Waals surface area contributed by atoms with E-state index < -0.39 is 11.5 Å². The Balaban J connectivity index is 1.63. The van der Waals surface area contributed by atoms with E-state index in [-0.39, 0.29) is 45.5 Å². The molecule has 0 radical (unpaired) electrons. The Morgan fingerprint density at radius 1 is 1.27 bits per heavy atom. The number of carbonyl (C=O) groups excluding carboxylic acids is 2. The smallest absolute Gasteiger partial charge is 0.410 e. The first-order chi connectivity index (χ1) is 12.0. The number of likely N-dealkylation sites (tertiary alicyclic amines) is 1. The molecule has 6 nitrogen and oxygen atoms in total. The van der Waals surface area contributed by atoms with E-state index in [9.17, 15) is 14.7 Å². The van der Waals surface area contributed by atoms with Gasteiger partial charge < -0.3 is 20.1 Å². The molecule has 0 spiro atoms. The minimum absolute atomic E-state index is 0.0340. The minimum atomic E-state index is -0.532. The highest BCUT2D eigenvalue weighted by molar-refractivity contribution is 6.36. The predicted molar refractivity (Wildman–Crippen MR) is 98.8 cm³/mol. The number of fused-ring (bicyclic) bond motifs is 2. The number of nitrogens with zero attached hydrogens (tertiary/aromatic N) is 1. The summed E-state index contributed by atoms with van der Waals surface area (Å²) < 4.78 is 5.44. The average Bonchev–Trinajstić information content (AvgIpc) is 3.09. The van der Waals surface area contributed by atoms with Crippen LogP contribution in [0, 0.1) is 5.92 Å². The van der Waals surface area contributed by atoms with Crippen molar-refractivity contribution in [2.75, 3.05) is 6.54 Å². The van der Waals surface area contributed by atoms with Crippen LogP contribution in [0.3, 0.4) is 0 Å². The van der Waals surface area contributed by atoms with Crippen LogP contribution in [0.1, 0.15) is 44.0 Å². The fourth-order valence-electron chi connectivity index (χ4n) is 3.66. The second-order valence-electron chi connectivity index (χ2n) is 7.88. The standard InChI is InChI=1S/C18H22Cl2N2O4/c1-18(2,3)26-17(25)22-8-9-4-11(22)7-14(9)21-16(24)12-5-10(19)6-13(20)15(12)23/h5-6,9,11,14,23H,4,7-8H2,1-3H3,(H,21,24)/t9-,11-,14-/m1/s1. The highest BCUT2D eigenvalue weighted by Crippen LogP contribution is 2.39. The lowest BCUT2D eigenvalue weighted by atomic mass is 10.0. The molecule has 2 fully saturated rings. The minimum Gasteiger partial charge on any atom is -0.506 e. The number of rotatable bonds is 2. The molecule has 0 aromatic heterocycles. The van der Waals surface area contributed by atoms with Gasteiger partial charge in [0.15, 0.2) is 0 Å². The Morgan fingerprint density at radius 3 is 2.54 bits per heavy atom. The number of phenols is 1. The maximum atomic E-state index is 12.5. The normalized spacial score (nSPS) is 24.7. The maximum Gasteiger partial charge on any atom is 0.410 e. The Bertz CT molecular complexity index is 747. The van der Waals surface area contributed by atoms with Crippen molar-refractivity contribution in [3.8, 4) is 5.75 Å². The van der Waals surface area contributed by atoms with E-state index >= 15 is 0 Å². The predicted octanol–water partition coefficient (Wildman–Crippen LogP) is 3.83. The van der Waals surface area contributed by atoms with Crippen LogP contribution >= 0.6 is 23.2 Å². The van der Waals surface area contributed by atoms with Crippen molar-refractivity contribution in [3.05, 3.63) is 27.7 Å². The number of hydrogen-bond donors (Lipinski definition) is 2. The number of amides is 2.